The number of anilines is 2. The molecule has 1 atom stereocenters. The lowest BCUT2D eigenvalue weighted by Gasteiger charge is -2.33. The molecule has 0 aliphatic carbocycles. The number of amides is 1. The number of aryl methyl sites for hydroxylation is 1. The fourth-order valence-electron chi connectivity index (χ4n) is 5.89. The van der Waals surface area contributed by atoms with E-state index in [0.717, 1.165) is 93.6 Å². The van der Waals surface area contributed by atoms with Crippen LogP contribution < -0.4 is 15.5 Å². The van der Waals surface area contributed by atoms with Crippen LogP contribution in [0.4, 0.5) is 11.8 Å². The third-order valence-electron chi connectivity index (χ3n) is 8.22. The summed E-state index contributed by atoms with van der Waals surface area (Å²) < 4.78 is 23.6. The van der Waals surface area contributed by atoms with E-state index in [9.17, 15) is 9.35 Å². The van der Waals surface area contributed by atoms with E-state index in [4.69, 9.17) is 19.4 Å². The molecule has 0 spiro atoms. The number of ether oxygens (including phenoxy) is 2. The summed E-state index contributed by atoms with van der Waals surface area (Å²) in [6, 6.07) is 8.62. The van der Waals surface area contributed by atoms with Crippen LogP contribution in [0.1, 0.15) is 66.1 Å². The molecule has 4 aliphatic rings. The fourth-order valence-corrected chi connectivity index (χ4v) is 7.20. The van der Waals surface area contributed by atoms with Gasteiger partial charge >= 0.3 is 0 Å². The average Bonchev–Trinajstić information content (AvgIpc) is 3.35. The molecule has 2 N–H and O–H groups in total. The lowest BCUT2D eigenvalue weighted by atomic mass is 9.89. The monoisotopic (exact) mass is 539 g/mol. The van der Waals surface area contributed by atoms with Crippen molar-refractivity contribution in [1.82, 2.24) is 15.3 Å². The number of carbonyl (C=O) groups is 1. The molecule has 204 valence electrons. The Kier molecular flexibility index (Phi) is 8.01. The molecule has 4 aliphatic heterocycles. The van der Waals surface area contributed by atoms with Gasteiger partial charge in [0.25, 0.3) is 5.91 Å². The molecular weight excluding hydrogens is 502 g/mol. The number of aromatic nitrogens is 2. The van der Waals surface area contributed by atoms with E-state index in [1.54, 1.807) is 0 Å². The average molecular weight is 540 g/mol. The molecule has 0 radical (unpaired) electrons. The van der Waals surface area contributed by atoms with Gasteiger partial charge in [0.2, 0.25) is 10.8 Å². The molecule has 1 unspecified atom stereocenters. The van der Waals surface area contributed by atoms with Crippen LogP contribution in [0, 0.1) is 0 Å². The van der Waals surface area contributed by atoms with Crippen molar-refractivity contribution in [2.45, 2.75) is 67.8 Å². The number of hydrogen-bond acceptors (Lipinski definition) is 8. The van der Waals surface area contributed by atoms with Gasteiger partial charge in [0.1, 0.15) is 11.4 Å². The molecule has 3 saturated heterocycles. The second-order valence-electron chi connectivity index (χ2n) is 10.7. The number of rotatable bonds is 6. The van der Waals surface area contributed by atoms with E-state index in [1.165, 1.54) is 5.56 Å². The third kappa shape index (κ3) is 5.78. The number of piperidine rings is 1. The van der Waals surface area contributed by atoms with Gasteiger partial charge in [-0.2, -0.15) is 4.98 Å². The van der Waals surface area contributed by atoms with Crippen LogP contribution >= 0.6 is 0 Å². The first-order chi connectivity index (χ1) is 18.6. The van der Waals surface area contributed by atoms with Crippen molar-refractivity contribution in [2.75, 3.05) is 55.5 Å². The summed E-state index contributed by atoms with van der Waals surface area (Å²) in [5, 5.41) is 6.71. The Morgan fingerprint density at radius 1 is 0.921 bits per heavy atom. The van der Waals surface area contributed by atoms with Gasteiger partial charge in [0.05, 0.1) is 0 Å². The molecule has 2 aromatic rings. The molecule has 1 aromatic heterocycles. The Balaban J connectivity index is 1.09. The van der Waals surface area contributed by atoms with E-state index in [1.807, 2.05) is 12.1 Å². The Morgan fingerprint density at radius 3 is 2.26 bits per heavy atom. The number of nitrogens with zero attached hydrogens (tertiary/aromatic N) is 3. The van der Waals surface area contributed by atoms with Crippen molar-refractivity contribution in [3.05, 3.63) is 41.1 Å². The summed E-state index contributed by atoms with van der Waals surface area (Å²) >= 11 is -1.04. The van der Waals surface area contributed by atoms with Gasteiger partial charge in [-0.05, 0) is 73.3 Å². The van der Waals surface area contributed by atoms with E-state index in [-0.39, 0.29) is 11.9 Å². The minimum absolute atomic E-state index is 0.00174. The highest BCUT2D eigenvalue weighted by molar-refractivity contribution is 7.91. The number of benzene rings is 1. The van der Waals surface area contributed by atoms with Gasteiger partial charge in [-0.3, -0.25) is 4.79 Å². The van der Waals surface area contributed by atoms with Gasteiger partial charge in [0, 0.05) is 63.6 Å². The third-order valence-corrected chi connectivity index (χ3v) is 9.68. The quantitative estimate of drug-likeness (QED) is 0.539. The molecule has 0 bridgehead atoms. The first-order valence-electron chi connectivity index (χ1n) is 14.0. The number of fused-ring (bicyclic) bond motifs is 1. The fraction of sp³-hybridized carbons (Fsp3) is 0.607. The van der Waals surface area contributed by atoms with E-state index in [2.05, 4.69) is 27.7 Å². The zero-order valence-corrected chi connectivity index (χ0v) is 22.6. The number of nitrogens with one attached hydrogen (secondary N) is 2. The van der Waals surface area contributed by atoms with Gasteiger partial charge in [-0.1, -0.05) is 12.1 Å². The Morgan fingerprint density at radius 2 is 1.58 bits per heavy atom. The highest BCUT2D eigenvalue weighted by Gasteiger charge is 2.34. The molecule has 6 rings (SSSR count). The summed E-state index contributed by atoms with van der Waals surface area (Å²) in [7, 11) is 0. The smallest absolute Gasteiger partial charge is 0.251 e. The predicted molar refractivity (Wildman–Crippen MR) is 146 cm³/mol. The Labute approximate surface area is 227 Å². The number of hydrogen-bond donors (Lipinski definition) is 2. The first-order valence-corrected chi connectivity index (χ1v) is 15.3. The van der Waals surface area contributed by atoms with Crippen molar-refractivity contribution in [2.24, 2.45) is 0 Å². The highest BCUT2D eigenvalue weighted by Crippen LogP contribution is 2.35. The minimum atomic E-state index is -1.04. The lowest BCUT2D eigenvalue weighted by molar-refractivity contribution is 0.0696. The Hall–Kier alpha value is -2.40. The molecule has 1 amide bonds. The first kappa shape index (κ1) is 25.9. The summed E-state index contributed by atoms with van der Waals surface area (Å²) in [6.07, 6.45) is 6.36. The zero-order valence-electron chi connectivity index (χ0n) is 21.8. The molecular formula is C28H37N5O4S. The van der Waals surface area contributed by atoms with E-state index >= 15 is 0 Å². The maximum absolute atomic E-state index is 12.7. The zero-order chi connectivity index (χ0) is 25.9. The molecule has 9 nitrogen and oxygen atoms in total. The SMILES string of the molecule is O=C(NC1CCOCC1)c1ccc(C2CCN(c3nc4c(c(NC5CCOCC5)n3)[S+]([O-])CC4)CC2)cc1. The van der Waals surface area contributed by atoms with Crippen LogP contribution in [0.15, 0.2) is 29.2 Å². The van der Waals surface area contributed by atoms with Gasteiger partial charge in [-0.15, -0.1) is 0 Å². The molecule has 1 aromatic carbocycles. The molecule has 5 heterocycles. The van der Waals surface area contributed by atoms with Crippen molar-refractivity contribution in [3.8, 4) is 0 Å². The summed E-state index contributed by atoms with van der Waals surface area (Å²) in [6.45, 7) is 4.66. The molecule has 38 heavy (non-hydrogen) atoms. The highest BCUT2D eigenvalue weighted by atomic mass is 32.2. The van der Waals surface area contributed by atoms with Crippen molar-refractivity contribution >= 4 is 28.8 Å². The second kappa shape index (κ2) is 11.8. The normalized spacial score (nSPS) is 23.3. The van der Waals surface area contributed by atoms with Crippen molar-refractivity contribution in [1.29, 1.82) is 0 Å². The topological polar surface area (TPSA) is 112 Å². The van der Waals surface area contributed by atoms with E-state index in [0.29, 0.717) is 36.5 Å². The van der Waals surface area contributed by atoms with Gasteiger partial charge in [0.15, 0.2) is 5.82 Å². The van der Waals surface area contributed by atoms with Gasteiger partial charge in [-0.25, -0.2) is 4.98 Å². The summed E-state index contributed by atoms with van der Waals surface area (Å²) in [4.78, 5) is 25.5. The minimum Gasteiger partial charge on any atom is -0.611 e. The van der Waals surface area contributed by atoms with Gasteiger partial charge < -0.3 is 29.6 Å². The lowest BCUT2D eigenvalue weighted by Crippen LogP contribution is -2.38. The van der Waals surface area contributed by atoms with Crippen molar-refractivity contribution < 1.29 is 18.8 Å². The summed E-state index contributed by atoms with van der Waals surface area (Å²) in [5.41, 5.74) is 2.92. The van der Waals surface area contributed by atoms with Crippen molar-refractivity contribution in [3.63, 3.8) is 0 Å². The summed E-state index contributed by atoms with van der Waals surface area (Å²) in [5.74, 6) is 2.57. The predicted octanol–water partition coefficient (Wildman–Crippen LogP) is 3.02. The van der Waals surface area contributed by atoms with Crippen LogP contribution in [0.3, 0.4) is 0 Å². The molecule has 0 saturated carbocycles. The maximum Gasteiger partial charge on any atom is 0.251 e. The van der Waals surface area contributed by atoms with Crippen LogP contribution in [0.5, 0.6) is 0 Å². The molecule has 3 fully saturated rings. The Bertz CT molecular complexity index is 1110. The standard InChI is InChI=1S/C28H37N5O4S/c34-27(30-23-9-16-37-17-10-23)21-3-1-19(2-4-21)20-5-12-33(13-6-20)28-31-24-11-18-38(35)25(24)26(32-28)29-22-7-14-36-15-8-22/h1-4,20,22-23H,5-18H2,(H,30,34)(H,29,31,32). The maximum atomic E-state index is 12.7. The molecule has 10 heteroatoms. The number of carbonyl (C=O) groups excluding carboxylic acids is 1. The van der Waals surface area contributed by atoms with Crippen LogP contribution in [0.25, 0.3) is 0 Å². The van der Waals surface area contributed by atoms with E-state index < -0.39 is 11.2 Å². The van der Waals surface area contributed by atoms with Crippen LogP contribution in [-0.2, 0) is 27.1 Å². The largest absolute Gasteiger partial charge is 0.611 e. The second-order valence-corrected chi connectivity index (χ2v) is 12.2. The van der Waals surface area contributed by atoms with Crippen LogP contribution in [-0.4, -0.2) is 77.8 Å². The van der Waals surface area contributed by atoms with Crippen LogP contribution in [0.2, 0.25) is 0 Å².